The predicted octanol–water partition coefficient (Wildman–Crippen LogP) is 3.68. The second-order valence-corrected chi connectivity index (χ2v) is 4.79. The fourth-order valence-electron chi connectivity index (χ4n) is 1.50. The maximum Gasteiger partial charge on any atom is 0.258 e. The van der Waals surface area contributed by atoms with Gasteiger partial charge in [-0.3, -0.25) is 4.79 Å². The minimum atomic E-state index is -0.144. The summed E-state index contributed by atoms with van der Waals surface area (Å²) in [5.41, 5.74) is 0. The highest BCUT2D eigenvalue weighted by atomic mass is 35.5. The van der Waals surface area contributed by atoms with E-state index in [9.17, 15) is 4.79 Å². The Bertz CT molecular complexity index is 406. The third kappa shape index (κ3) is 4.75. The normalized spacial score (nSPS) is 10.5. The molecule has 5 heteroatoms. The maximum atomic E-state index is 11.6. The van der Waals surface area contributed by atoms with Crippen LogP contribution in [0.25, 0.3) is 0 Å². The molecular formula is C13H17Cl2NO2. The number of rotatable bonds is 6. The van der Waals surface area contributed by atoms with Crippen LogP contribution in [-0.2, 0) is 4.79 Å². The van der Waals surface area contributed by atoms with Crippen molar-refractivity contribution in [3.05, 3.63) is 28.2 Å². The fraction of sp³-hybridized carbons (Fsp3) is 0.462. The van der Waals surface area contributed by atoms with Gasteiger partial charge in [-0.25, -0.2) is 0 Å². The molecule has 0 atom stereocenters. The fourth-order valence-corrected chi connectivity index (χ4v) is 1.96. The topological polar surface area (TPSA) is 38.3 Å². The van der Waals surface area contributed by atoms with Crippen LogP contribution in [0.15, 0.2) is 18.2 Å². The van der Waals surface area contributed by atoms with Gasteiger partial charge in [0.25, 0.3) is 5.91 Å². The standard InChI is InChI=1S/C13H17Cl2NO2/c1-3-10(4-2)16-13(17)8-18-12-6-5-9(14)7-11(12)15/h5-7,10H,3-4,8H2,1-2H3,(H,16,17). The Balaban J connectivity index is 2.47. The molecule has 0 heterocycles. The highest BCUT2D eigenvalue weighted by Crippen LogP contribution is 2.27. The van der Waals surface area contributed by atoms with Gasteiger partial charge in [0.1, 0.15) is 5.75 Å². The minimum absolute atomic E-state index is 0.0438. The molecule has 3 nitrogen and oxygen atoms in total. The summed E-state index contributed by atoms with van der Waals surface area (Å²) < 4.78 is 5.34. The monoisotopic (exact) mass is 289 g/mol. The highest BCUT2D eigenvalue weighted by Gasteiger charge is 2.10. The van der Waals surface area contributed by atoms with Crippen molar-refractivity contribution in [3.63, 3.8) is 0 Å². The van der Waals surface area contributed by atoms with Crippen molar-refractivity contribution in [2.75, 3.05) is 6.61 Å². The molecule has 0 aliphatic heterocycles. The Hall–Kier alpha value is -0.930. The number of hydrogen-bond donors (Lipinski definition) is 1. The van der Waals surface area contributed by atoms with Gasteiger partial charge in [-0.2, -0.15) is 0 Å². The van der Waals surface area contributed by atoms with Crippen LogP contribution >= 0.6 is 23.2 Å². The molecule has 0 fully saturated rings. The largest absolute Gasteiger partial charge is 0.482 e. The van der Waals surface area contributed by atoms with Crippen molar-refractivity contribution in [1.82, 2.24) is 5.32 Å². The molecule has 0 saturated carbocycles. The first kappa shape index (κ1) is 15.1. The summed E-state index contributed by atoms with van der Waals surface area (Å²) in [4.78, 5) is 11.6. The molecule has 18 heavy (non-hydrogen) atoms. The van der Waals surface area contributed by atoms with Crippen molar-refractivity contribution in [3.8, 4) is 5.75 Å². The summed E-state index contributed by atoms with van der Waals surface area (Å²) >= 11 is 11.7. The summed E-state index contributed by atoms with van der Waals surface area (Å²) in [7, 11) is 0. The van der Waals surface area contributed by atoms with Crippen molar-refractivity contribution in [2.45, 2.75) is 32.7 Å². The first-order valence-electron chi connectivity index (χ1n) is 5.94. The van der Waals surface area contributed by atoms with Gasteiger partial charge in [-0.15, -0.1) is 0 Å². The van der Waals surface area contributed by atoms with E-state index in [1.807, 2.05) is 13.8 Å². The van der Waals surface area contributed by atoms with E-state index in [1.165, 1.54) is 0 Å². The number of nitrogens with one attached hydrogen (secondary N) is 1. The van der Waals surface area contributed by atoms with Gasteiger partial charge in [-0.05, 0) is 31.0 Å². The van der Waals surface area contributed by atoms with Crippen molar-refractivity contribution >= 4 is 29.1 Å². The average Bonchev–Trinajstić information content (AvgIpc) is 2.35. The summed E-state index contributed by atoms with van der Waals surface area (Å²) in [6.07, 6.45) is 1.81. The molecule has 0 aromatic heterocycles. The molecule has 1 aromatic rings. The first-order chi connectivity index (χ1) is 8.56. The molecule has 0 saturated heterocycles. The molecule has 0 radical (unpaired) electrons. The van der Waals surface area contributed by atoms with Crippen LogP contribution in [-0.4, -0.2) is 18.6 Å². The van der Waals surface area contributed by atoms with Gasteiger partial charge in [0.2, 0.25) is 0 Å². The van der Waals surface area contributed by atoms with Crippen molar-refractivity contribution < 1.29 is 9.53 Å². The quantitative estimate of drug-likeness (QED) is 0.868. The lowest BCUT2D eigenvalue weighted by Crippen LogP contribution is -2.37. The molecule has 1 amide bonds. The Labute approximate surface area is 117 Å². The zero-order valence-corrected chi connectivity index (χ0v) is 12.0. The van der Waals surface area contributed by atoms with Crippen molar-refractivity contribution in [1.29, 1.82) is 0 Å². The molecule has 0 unspecified atom stereocenters. The Morgan fingerprint density at radius 2 is 2.00 bits per heavy atom. The summed E-state index contributed by atoms with van der Waals surface area (Å²) in [6.45, 7) is 4.02. The molecule has 0 aliphatic rings. The van der Waals surface area contributed by atoms with E-state index in [-0.39, 0.29) is 18.6 Å². The van der Waals surface area contributed by atoms with Crippen molar-refractivity contribution in [2.24, 2.45) is 0 Å². The number of ether oxygens (including phenoxy) is 1. The van der Waals surface area contributed by atoms with E-state index in [1.54, 1.807) is 18.2 Å². The number of halogens is 2. The predicted molar refractivity (Wildman–Crippen MR) is 74.5 cm³/mol. The van der Waals surface area contributed by atoms with Gasteiger partial charge in [0.15, 0.2) is 6.61 Å². The lowest BCUT2D eigenvalue weighted by atomic mass is 10.2. The van der Waals surface area contributed by atoms with E-state index in [0.717, 1.165) is 12.8 Å². The average molecular weight is 290 g/mol. The highest BCUT2D eigenvalue weighted by molar-refractivity contribution is 6.35. The number of carbonyl (C=O) groups excluding carboxylic acids is 1. The SMILES string of the molecule is CCC(CC)NC(=O)COc1ccc(Cl)cc1Cl. The van der Waals surface area contributed by atoms with Gasteiger partial charge >= 0.3 is 0 Å². The molecule has 1 rings (SSSR count). The zero-order valence-electron chi connectivity index (χ0n) is 10.5. The van der Waals surface area contributed by atoms with Crippen LogP contribution in [0.3, 0.4) is 0 Å². The van der Waals surface area contributed by atoms with Gasteiger partial charge in [0.05, 0.1) is 5.02 Å². The van der Waals surface area contributed by atoms with E-state index in [2.05, 4.69) is 5.32 Å². The number of amides is 1. The van der Waals surface area contributed by atoms with E-state index in [0.29, 0.717) is 15.8 Å². The van der Waals surface area contributed by atoms with E-state index < -0.39 is 0 Å². The third-order valence-electron chi connectivity index (χ3n) is 2.60. The number of carbonyl (C=O) groups is 1. The van der Waals surface area contributed by atoms with Gasteiger partial charge < -0.3 is 10.1 Å². The lowest BCUT2D eigenvalue weighted by Gasteiger charge is -2.15. The zero-order chi connectivity index (χ0) is 13.5. The van der Waals surface area contributed by atoms with Crippen LogP contribution in [0, 0.1) is 0 Å². The summed E-state index contributed by atoms with van der Waals surface area (Å²) in [5.74, 6) is 0.315. The van der Waals surface area contributed by atoms with Crippen LogP contribution in [0.2, 0.25) is 10.0 Å². The Kier molecular flexibility index (Phi) is 6.30. The maximum absolute atomic E-state index is 11.6. The van der Waals surface area contributed by atoms with E-state index in [4.69, 9.17) is 27.9 Å². The van der Waals surface area contributed by atoms with Gasteiger partial charge in [-0.1, -0.05) is 37.0 Å². The van der Waals surface area contributed by atoms with Crippen LogP contribution in [0.4, 0.5) is 0 Å². The molecule has 0 spiro atoms. The third-order valence-corrected chi connectivity index (χ3v) is 3.13. The summed E-state index contributed by atoms with van der Waals surface area (Å²) in [5, 5.41) is 3.82. The Morgan fingerprint density at radius 3 is 2.56 bits per heavy atom. The smallest absolute Gasteiger partial charge is 0.258 e. The Morgan fingerprint density at radius 1 is 1.33 bits per heavy atom. The number of benzene rings is 1. The van der Waals surface area contributed by atoms with Crippen LogP contribution in [0.5, 0.6) is 5.75 Å². The second kappa shape index (κ2) is 7.49. The van der Waals surface area contributed by atoms with Gasteiger partial charge in [0, 0.05) is 11.1 Å². The second-order valence-electron chi connectivity index (χ2n) is 3.94. The molecule has 1 N–H and O–H groups in total. The van der Waals surface area contributed by atoms with E-state index >= 15 is 0 Å². The molecule has 1 aromatic carbocycles. The molecular weight excluding hydrogens is 273 g/mol. The summed E-state index contributed by atoms with van der Waals surface area (Å²) in [6, 6.07) is 5.09. The first-order valence-corrected chi connectivity index (χ1v) is 6.69. The number of hydrogen-bond acceptors (Lipinski definition) is 2. The molecule has 100 valence electrons. The molecule has 0 aliphatic carbocycles. The lowest BCUT2D eigenvalue weighted by molar-refractivity contribution is -0.123. The minimum Gasteiger partial charge on any atom is -0.482 e. The van der Waals surface area contributed by atoms with Crippen LogP contribution < -0.4 is 10.1 Å². The molecule has 0 bridgehead atoms. The van der Waals surface area contributed by atoms with Crippen LogP contribution in [0.1, 0.15) is 26.7 Å².